The normalized spacial score (nSPS) is 13.6. The minimum absolute atomic E-state index is 0.273. The lowest BCUT2D eigenvalue weighted by Crippen LogP contribution is -2.28. The van der Waals surface area contributed by atoms with Gasteiger partial charge >= 0.3 is 0 Å². The van der Waals surface area contributed by atoms with E-state index in [1.54, 1.807) is 19.2 Å². The number of hydrogen-bond acceptors (Lipinski definition) is 3. The van der Waals surface area contributed by atoms with E-state index in [0.717, 1.165) is 11.3 Å². The maximum atomic E-state index is 13.1. The van der Waals surface area contributed by atoms with Crippen LogP contribution in [0.4, 0.5) is 4.39 Å². The highest BCUT2D eigenvalue weighted by Crippen LogP contribution is 2.22. The van der Waals surface area contributed by atoms with Crippen molar-refractivity contribution in [1.82, 2.24) is 0 Å². The zero-order chi connectivity index (χ0) is 14.5. The first-order valence-electron chi connectivity index (χ1n) is 6.42. The lowest BCUT2D eigenvalue weighted by Gasteiger charge is -2.22. The van der Waals surface area contributed by atoms with Crippen molar-refractivity contribution in [3.8, 4) is 11.5 Å². The van der Waals surface area contributed by atoms with Crippen molar-refractivity contribution in [3.63, 3.8) is 0 Å². The summed E-state index contributed by atoms with van der Waals surface area (Å²) in [6.07, 6.45) is -0.273. The molecule has 0 amide bonds. The van der Waals surface area contributed by atoms with Crippen LogP contribution in [-0.4, -0.2) is 13.2 Å². The molecule has 2 aromatic rings. The van der Waals surface area contributed by atoms with Gasteiger partial charge in [-0.25, -0.2) is 4.39 Å². The highest BCUT2D eigenvalue weighted by molar-refractivity contribution is 5.30. The van der Waals surface area contributed by atoms with E-state index in [4.69, 9.17) is 15.2 Å². The first-order chi connectivity index (χ1) is 9.60. The summed E-state index contributed by atoms with van der Waals surface area (Å²) < 4.78 is 23.9. The molecule has 0 aromatic heterocycles. The van der Waals surface area contributed by atoms with E-state index in [2.05, 4.69) is 0 Å². The second kappa shape index (κ2) is 6.39. The molecule has 4 heteroatoms. The Morgan fingerprint density at radius 2 is 1.75 bits per heavy atom. The maximum absolute atomic E-state index is 13.1. The highest BCUT2D eigenvalue weighted by Gasteiger charge is 2.16. The number of hydrogen-bond donors (Lipinski definition) is 1. The average Bonchev–Trinajstić information content (AvgIpc) is 2.46. The topological polar surface area (TPSA) is 44.5 Å². The Morgan fingerprint density at radius 3 is 2.35 bits per heavy atom. The van der Waals surface area contributed by atoms with Gasteiger partial charge in [0.25, 0.3) is 0 Å². The van der Waals surface area contributed by atoms with Gasteiger partial charge in [0, 0.05) is 6.07 Å². The molecule has 0 aliphatic heterocycles. The molecule has 0 radical (unpaired) electrons. The molecular formula is C16H18FNO2. The van der Waals surface area contributed by atoms with Gasteiger partial charge in [0.2, 0.25) is 0 Å². The van der Waals surface area contributed by atoms with E-state index < -0.39 is 0 Å². The fourth-order valence-electron chi connectivity index (χ4n) is 1.93. The summed E-state index contributed by atoms with van der Waals surface area (Å²) in [5, 5.41) is 0. The van der Waals surface area contributed by atoms with Gasteiger partial charge in [-0.15, -0.1) is 0 Å². The standard InChI is InChI=1S/C16H18FNO2/c1-11(20-15-5-3-4-13(17)10-15)16(18)12-6-8-14(19-2)9-7-12/h3-11,16H,18H2,1-2H3. The lowest BCUT2D eigenvalue weighted by molar-refractivity contribution is 0.190. The van der Waals surface area contributed by atoms with Crippen molar-refractivity contribution in [2.45, 2.75) is 19.1 Å². The van der Waals surface area contributed by atoms with E-state index in [1.807, 2.05) is 31.2 Å². The maximum Gasteiger partial charge on any atom is 0.126 e. The number of nitrogens with two attached hydrogens (primary N) is 1. The Balaban J connectivity index is 2.05. The summed E-state index contributed by atoms with van der Waals surface area (Å²) >= 11 is 0. The van der Waals surface area contributed by atoms with Crippen LogP contribution in [0, 0.1) is 5.82 Å². The molecule has 0 aliphatic rings. The first-order valence-corrected chi connectivity index (χ1v) is 6.42. The quantitative estimate of drug-likeness (QED) is 0.910. The summed E-state index contributed by atoms with van der Waals surface area (Å²) in [6.45, 7) is 1.86. The molecular weight excluding hydrogens is 257 g/mol. The second-order valence-corrected chi connectivity index (χ2v) is 4.58. The Kier molecular flexibility index (Phi) is 4.58. The van der Waals surface area contributed by atoms with Gasteiger partial charge < -0.3 is 15.2 Å². The van der Waals surface area contributed by atoms with Gasteiger partial charge in [-0.05, 0) is 36.8 Å². The number of rotatable bonds is 5. The third kappa shape index (κ3) is 3.48. The monoisotopic (exact) mass is 275 g/mol. The lowest BCUT2D eigenvalue weighted by atomic mass is 10.0. The fraction of sp³-hybridized carbons (Fsp3) is 0.250. The Labute approximate surface area is 118 Å². The Hall–Kier alpha value is -2.07. The minimum Gasteiger partial charge on any atom is -0.497 e. The SMILES string of the molecule is COc1ccc(C(N)C(C)Oc2cccc(F)c2)cc1. The van der Waals surface area contributed by atoms with Crippen LogP contribution in [0.5, 0.6) is 11.5 Å². The van der Waals surface area contributed by atoms with E-state index >= 15 is 0 Å². The Bertz CT molecular complexity index is 557. The van der Waals surface area contributed by atoms with Crippen LogP contribution < -0.4 is 15.2 Å². The predicted octanol–water partition coefficient (Wildman–Crippen LogP) is 3.30. The van der Waals surface area contributed by atoms with Crippen LogP contribution in [0.25, 0.3) is 0 Å². The molecule has 3 nitrogen and oxygen atoms in total. The zero-order valence-corrected chi connectivity index (χ0v) is 11.5. The average molecular weight is 275 g/mol. The molecule has 0 spiro atoms. The first kappa shape index (κ1) is 14.3. The van der Waals surface area contributed by atoms with Crippen LogP contribution in [0.2, 0.25) is 0 Å². The van der Waals surface area contributed by atoms with Crippen molar-refractivity contribution in [3.05, 3.63) is 59.9 Å². The van der Waals surface area contributed by atoms with E-state index in [0.29, 0.717) is 5.75 Å². The molecule has 0 aliphatic carbocycles. The predicted molar refractivity (Wildman–Crippen MR) is 76.4 cm³/mol. The van der Waals surface area contributed by atoms with Gasteiger partial charge in [-0.3, -0.25) is 0 Å². The van der Waals surface area contributed by atoms with E-state index in [-0.39, 0.29) is 18.0 Å². The van der Waals surface area contributed by atoms with Crippen LogP contribution >= 0.6 is 0 Å². The summed E-state index contributed by atoms with van der Waals surface area (Å²) in [6, 6.07) is 13.2. The largest absolute Gasteiger partial charge is 0.497 e. The summed E-state index contributed by atoms with van der Waals surface area (Å²) in [7, 11) is 1.62. The molecule has 2 N–H and O–H groups in total. The molecule has 0 fully saturated rings. The number of ether oxygens (including phenoxy) is 2. The smallest absolute Gasteiger partial charge is 0.126 e. The van der Waals surface area contributed by atoms with Crippen LogP contribution in [0.15, 0.2) is 48.5 Å². The summed E-state index contributed by atoms with van der Waals surface area (Å²) in [5.74, 6) is 0.925. The van der Waals surface area contributed by atoms with E-state index in [9.17, 15) is 4.39 Å². The molecule has 0 heterocycles. The van der Waals surface area contributed by atoms with Crippen molar-refractivity contribution in [1.29, 1.82) is 0 Å². The van der Waals surface area contributed by atoms with Gasteiger partial charge in [-0.1, -0.05) is 18.2 Å². The third-order valence-electron chi connectivity index (χ3n) is 3.12. The van der Waals surface area contributed by atoms with Crippen molar-refractivity contribution < 1.29 is 13.9 Å². The molecule has 2 rings (SSSR count). The minimum atomic E-state index is -0.326. The number of methoxy groups -OCH3 is 1. The molecule has 0 saturated carbocycles. The van der Waals surface area contributed by atoms with Crippen molar-refractivity contribution >= 4 is 0 Å². The van der Waals surface area contributed by atoms with E-state index in [1.165, 1.54) is 12.1 Å². The molecule has 0 saturated heterocycles. The molecule has 2 unspecified atom stereocenters. The zero-order valence-electron chi connectivity index (χ0n) is 11.5. The summed E-state index contributed by atoms with van der Waals surface area (Å²) in [4.78, 5) is 0. The molecule has 106 valence electrons. The molecule has 20 heavy (non-hydrogen) atoms. The molecule has 2 aromatic carbocycles. The van der Waals surface area contributed by atoms with Gasteiger partial charge in [0.1, 0.15) is 23.4 Å². The highest BCUT2D eigenvalue weighted by atomic mass is 19.1. The molecule has 0 bridgehead atoms. The third-order valence-corrected chi connectivity index (χ3v) is 3.12. The number of benzene rings is 2. The Morgan fingerprint density at radius 1 is 1.05 bits per heavy atom. The van der Waals surface area contributed by atoms with Crippen molar-refractivity contribution in [2.75, 3.05) is 7.11 Å². The molecule has 2 atom stereocenters. The summed E-state index contributed by atoms with van der Waals surface area (Å²) in [5.41, 5.74) is 7.10. The van der Waals surface area contributed by atoms with Gasteiger partial charge in [0.15, 0.2) is 0 Å². The van der Waals surface area contributed by atoms with Crippen LogP contribution in [0.1, 0.15) is 18.5 Å². The van der Waals surface area contributed by atoms with Gasteiger partial charge in [0.05, 0.1) is 13.2 Å². The van der Waals surface area contributed by atoms with Gasteiger partial charge in [-0.2, -0.15) is 0 Å². The number of halogens is 1. The fourth-order valence-corrected chi connectivity index (χ4v) is 1.93. The second-order valence-electron chi connectivity index (χ2n) is 4.58. The van der Waals surface area contributed by atoms with Crippen LogP contribution in [0.3, 0.4) is 0 Å². The van der Waals surface area contributed by atoms with Crippen molar-refractivity contribution in [2.24, 2.45) is 5.73 Å². The van der Waals surface area contributed by atoms with Crippen LogP contribution in [-0.2, 0) is 0 Å².